The molecule has 0 fully saturated rings. The average Bonchev–Trinajstić information content (AvgIpc) is 2.53. The minimum Gasteiger partial charge on any atom is -0.469 e. The van der Waals surface area contributed by atoms with Gasteiger partial charge >= 0.3 is 5.97 Å². The first-order valence-electron chi connectivity index (χ1n) is 9.29. The van der Waals surface area contributed by atoms with Crippen LogP contribution >= 0.6 is 0 Å². The van der Waals surface area contributed by atoms with Crippen molar-refractivity contribution in [3.8, 4) is 0 Å². The van der Waals surface area contributed by atoms with Crippen LogP contribution in [0.4, 0.5) is 0 Å². The first kappa shape index (κ1) is 21.1. The number of carbonyl (C=O) groups excluding carboxylic acids is 2. The smallest absolute Gasteiger partial charge is 0.305 e. The van der Waals surface area contributed by atoms with Gasteiger partial charge < -0.3 is 4.74 Å². The van der Waals surface area contributed by atoms with E-state index in [0.29, 0.717) is 12.8 Å². The second-order valence-electron chi connectivity index (χ2n) is 6.25. The van der Waals surface area contributed by atoms with Crippen LogP contribution in [0.25, 0.3) is 0 Å². The van der Waals surface area contributed by atoms with E-state index in [-0.39, 0.29) is 18.2 Å². The number of carbonyl (C=O) groups is 2. The second kappa shape index (κ2) is 16.5. The molecule has 0 saturated carbocycles. The zero-order valence-corrected chi connectivity index (χ0v) is 14.8. The summed E-state index contributed by atoms with van der Waals surface area (Å²) in [5.41, 5.74) is 0. The third-order valence-corrected chi connectivity index (χ3v) is 4.14. The molecule has 0 N–H and O–H groups in total. The van der Waals surface area contributed by atoms with Gasteiger partial charge in [0.05, 0.1) is 13.5 Å². The minimum absolute atomic E-state index is 0.192. The van der Waals surface area contributed by atoms with Gasteiger partial charge in [0.25, 0.3) is 0 Å². The number of hydrogen-bond acceptors (Lipinski definition) is 3. The van der Waals surface area contributed by atoms with Gasteiger partial charge in [0.15, 0.2) is 0 Å². The Kier molecular flexibility index (Phi) is 15.9. The number of esters is 1. The monoisotopic (exact) mass is 312 g/mol. The molecule has 0 atom stereocenters. The average molecular weight is 312 g/mol. The SMILES string of the molecule is CCCCCCCCCCCCCCC(=O)CCC(=O)OC. The van der Waals surface area contributed by atoms with Gasteiger partial charge in [-0.3, -0.25) is 9.59 Å². The summed E-state index contributed by atoms with van der Waals surface area (Å²) in [5.74, 6) is -0.0967. The molecule has 0 amide bonds. The molecule has 0 aliphatic heterocycles. The number of rotatable bonds is 16. The van der Waals surface area contributed by atoms with E-state index in [1.54, 1.807) is 0 Å². The molecular formula is C19H36O3. The minimum atomic E-state index is -0.289. The van der Waals surface area contributed by atoms with Gasteiger partial charge in [-0.15, -0.1) is 0 Å². The van der Waals surface area contributed by atoms with E-state index in [9.17, 15) is 9.59 Å². The van der Waals surface area contributed by atoms with Crippen LogP contribution in [0.2, 0.25) is 0 Å². The van der Waals surface area contributed by atoms with E-state index in [0.717, 1.165) is 12.8 Å². The maximum atomic E-state index is 11.5. The van der Waals surface area contributed by atoms with Gasteiger partial charge in [0.1, 0.15) is 5.78 Å². The highest BCUT2D eigenvalue weighted by molar-refractivity contribution is 5.82. The molecule has 0 aromatic rings. The van der Waals surface area contributed by atoms with Crippen molar-refractivity contribution in [1.29, 1.82) is 0 Å². The van der Waals surface area contributed by atoms with Crippen LogP contribution in [0.3, 0.4) is 0 Å². The lowest BCUT2D eigenvalue weighted by atomic mass is 10.0. The number of Topliss-reactive ketones (excluding diaryl/α,β-unsaturated/α-hetero) is 1. The summed E-state index contributed by atoms with van der Waals surface area (Å²) in [5, 5.41) is 0. The summed E-state index contributed by atoms with van der Waals surface area (Å²) in [6, 6.07) is 0. The van der Waals surface area contributed by atoms with E-state index in [1.807, 2.05) is 0 Å². The molecule has 0 radical (unpaired) electrons. The highest BCUT2D eigenvalue weighted by Crippen LogP contribution is 2.13. The van der Waals surface area contributed by atoms with Crippen molar-refractivity contribution >= 4 is 11.8 Å². The molecule has 0 aromatic carbocycles. The fourth-order valence-electron chi connectivity index (χ4n) is 2.63. The van der Waals surface area contributed by atoms with E-state index < -0.39 is 0 Å². The number of unbranched alkanes of at least 4 members (excludes halogenated alkanes) is 11. The molecule has 0 aliphatic carbocycles. The van der Waals surface area contributed by atoms with Crippen molar-refractivity contribution in [2.45, 2.75) is 103 Å². The predicted octanol–water partition coefficient (Wildman–Crippen LogP) is 5.60. The van der Waals surface area contributed by atoms with Gasteiger partial charge in [-0.05, 0) is 6.42 Å². The van der Waals surface area contributed by atoms with Crippen LogP contribution in [0.15, 0.2) is 0 Å². The molecule has 0 bridgehead atoms. The fraction of sp³-hybridized carbons (Fsp3) is 0.895. The lowest BCUT2D eigenvalue weighted by molar-refractivity contribution is -0.141. The molecule has 0 saturated heterocycles. The maximum Gasteiger partial charge on any atom is 0.305 e. The van der Waals surface area contributed by atoms with Crippen LogP contribution in [-0.2, 0) is 14.3 Å². The summed E-state index contributed by atoms with van der Waals surface area (Å²) >= 11 is 0. The van der Waals surface area contributed by atoms with Crippen LogP contribution in [0.1, 0.15) is 103 Å². The van der Waals surface area contributed by atoms with E-state index in [4.69, 9.17) is 0 Å². The quantitative estimate of drug-likeness (QED) is 0.275. The van der Waals surface area contributed by atoms with Gasteiger partial charge in [-0.2, -0.15) is 0 Å². The second-order valence-corrected chi connectivity index (χ2v) is 6.25. The Balaban J connectivity index is 3.16. The van der Waals surface area contributed by atoms with Crippen LogP contribution in [0, 0.1) is 0 Å². The molecule has 3 heteroatoms. The Bertz CT molecular complexity index is 274. The van der Waals surface area contributed by atoms with Gasteiger partial charge in [-0.1, -0.05) is 77.6 Å². The molecule has 0 heterocycles. The van der Waals surface area contributed by atoms with Gasteiger partial charge in [0.2, 0.25) is 0 Å². The first-order valence-corrected chi connectivity index (χ1v) is 9.29. The van der Waals surface area contributed by atoms with Crippen molar-refractivity contribution < 1.29 is 14.3 Å². The highest BCUT2D eigenvalue weighted by Gasteiger charge is 2.06. The first-order chi connectivity index (χ1) is 10.7. The summed E-state index contributed by atoms with van der Waals surface area (Å²) in [6.07, 6.45) is 16.8. The standard InChI is InChI=1S/C19H36O3/c1-3-4-5-6-7-8-9-10-11-12-13-14-15-18(20)16-17-19(21)22-2/h3-17H2,1-2H3. The fourth-order valence-corrected chi connectivity index (χ4v) is 2.63. The molecule has 0 rings (SSSR count). The zero-order chi connectivity index (χ0) is 16.5. The highest BCUT2D eigenvalue weighted by atomic mass is 16.5. The number of ether oxygens (including phenoxy) is 1. The number of ketones is 1. The largest absolute Gasteiger partial charge is 0.469 e. The molecule has 0 aromatic heterocycles. The van der Waals surface area contributed by atoms with Crippen molar-refractivity contribution in [3.63, 3.8) is 0 Å². The van der Waals surface area contributed by atoms with Gasteiger partial charge in [-0.25, -0.2) is 0 Å². The molecule has 3 nitrogen and oxygen atoms in total. The van der Waals surface area contributed by atoms with Crippen molar-refractivity contribution in [2.75, 3.05) is 7.11 Å². The Hall–Kier alpha value is -0.860. The molecular weight excluding hydrogens is 276 g/mol. The van der Waals surface area contributed by atoms with Crippen molar-refractivity contribution in [3.05, 3.63) is 0 Å². The van der Waals surface area contributed by atoms with E-state index >= 15 is 0 Å². The summed E-state index contributed by atoms with van der Waals surface area (Å²) in [4.78, 5) is 22.5. The molecule has 0 unspecified atom stereocenters. The molecule has 130 valence electrons. The third-order valence-electron chi connectivity index (χ3n) is 4.14. The van der Waals surface area contributed by atoms with Crippen LogP contribution in [0.5, 0.6) is 0 Å². The Labute approximate surface area is 137 Å². The van der Waals surface area contributed by atoms with E-state index in [2.05, 4.69) is 11.7 Å². The van der Waals surface area contributed by atoms with Crippen molar-refractivity contribution in [1.82, 2.24) is 0 Å². The Morgan fingerprint density at radius 2 is 1.09 bits per heavy atom. The summed E-state index contributed by atoms with van der Waals surface area (Å²) in [6.45, 7) is 2.26. The third kappa shape index (κ3) is 15.5. The summed E-state index contributed by atoms with van der Waals surface area (Å²) in [7, 11) is 1.36. The summed E-state index contributed by atoms with van der Waals surface area (Å²) < 4.78 is 4.53. The molecule has 22 heavy (non-hydrogen) atoms. The van der Waals surface area contributed by atoms with Crippen LogP contribution in [-0.4, -0.2) is 18.9 Å². The Morgan fingerprint density at radius 1 is 0.636 bits per heavy atom. The zero-order valence-electron chi connectivity index (χ0n) is 14.8. The lowest BCUT2D eigenvalue weighted by Crippen LogP contribution is -2.05. The van der Waals surface area contributed by atoms with Crippen molar-refractivity contribution in [2.24, 2.45) is 0 Å². The van der Waals surface area contributed by atoms with Crippen LogP contribution < -0.4 is 0 Å². The Morgan fingerprint density at radius 3 is 1.55 bits per heavy atom. The maximum absolute atomic E-state index is 11.5. The van der Waals surface area contributed by atoms with E-state index in [1.165, 1.54) is 71.3 Å². The van der Waals surface area contributed by atoms with Gasteiger partial charge in [0, 0.05) is 12.8 Å². The lowest BCUT2D eigenvalue weighted by Gasteiger charge is -2.03. The molecule has 0 spiro atoms. The predicted molar refractivity (Wildman–Crippen MR) is 92.0 cm³/mol. The number of hydrogen-bond donors (Lipinski definition) is 0. The topological polar surface area (TPSA) is 43.4 Å². The normalized spacial score (nSPS) is 10.6. The number of methoxy groups -OCH3 is 1. The molecule has 0 aliphatic rings.